The molecule has 4 aromatic rings. The highest BCUT2D eigenvalue weighted by Crippen LogP contribution is 2.30. The summed E-state index contributed by atoms with van der Waals surface area (Å²) in [6, 6.07) is 4.70. The lowest BCUT2D eigenvalue weighted by atomic mass is 10.0. The number of aromatic nitrogens is 4. The van der Waals surface area contributed by atoms with Gasteiger partial charge in [-0.2, -0.15) is 0 Å². The number of pyridine rings is 2. The van der Waals surface area contributed by atoms with Gasteiger partial charge in [-0.05, 0) is 49.2 Å². The fourth-order valence-electron chi connectivity index (χ4n) is 5.59. The number of hydrogen-bond donors (Lipinski definition) is 2. The number of aliphatic carboxylic acids is 1. The third kappa shape index (κ3) is 6.63. The lowest BCUT2D eigenvalue weighted by molar-refractivity contribution is -0.139. The van der Waals surface area contributed by atoms with Gasteiger partial charge in [0.2, 0.25) is 5.92 Å². The number of rotatable bonds is 9. The van der Waals surface area contributed by atoms with Gasteiger partial charge < -0.3 is 20.1 Å². The quantitative estimate of drug-likeness (QED) is 0.282. The number of carbonyl (C=O) groups is 2. The molecule has 1 aliphatic rings. The Morgan fingerprint density at radius 2 is 1.96 bits per heavy atom. The smallest absolute Gasteiger partial charge is 0.337 e. The van der Waals surface area contributed by atoms with Crippen molar-refractivity contribution in [3.63, 3.8) is 0 Å². The zero-order valence-electron chi connectivity index (χ0n) is 25.2. The Balaban J connectivity index is 1.35. The number of carboxylic acid groups (broad SMARTS) is 1. The summed E-state index contributed by atoms with van der Waals surface area (Å²) < 4.78 is 50.4. The molecule has 1 saturated heterocycles. The molecule has 0 saturated carbocycles. The van der Waals surface area contributed by atoms with Crippen molar-refractivity contribution in [2.45, 2.75) is 44.7 Å². The van der Waals surface area contributed by atoms with Gasteiger partial charge in [0.05, 0.1) is 41.9 Å². The van der Waals surface area contributed by atoms with Crippen LogP contribution in [0, 0.1) is 12.7 Å². The van der Waals surface area contributed by atoms with Crippen molar-refractivity contribution in [3.05, 3.63) is 92.3 Å². The largest absolute Gasteiger partial charge is 0.480 e. The van der Waals surface area contributed by atoms with E-state index in [4.69, 9.17) is 4.74 Å². The molecule has 0 spiro atoms. The minimum Gasteiger partial charge on any atom is -0.480 e. The number of halogens is 3. The summed E-state index contributed by atoms with van der Waals surface area (Å²) in [6.07, 6.45) is 3.36. The van der Waals surface area contributed by atoms with Crippen molar-refractivity contribution in [1.82, 2.24) is 24.4 Å². The van der Waals surface area contributed by atoms with Gasteiger partial charge in [0.1, 0.15) is 17.7 Å². The predicted octanol–water partition coefficient (Wildman–Crippen LogP) is 2.60. The van der Waals surface area contributed by atoms with Crippen LogP contribution in [-0.4, -0.2) is 73.8 Å². The highest BCUT2D eigenvalue weighted by Gasteiger charge is 2.34. The summed E-state index contributed by atoms with van der Waals surface area (Å²) in [6.45, 7) is 2.82. The first kappa shape index (κ1) is 32.3. The maximum Gasteiger partial charge on any atom is 0.337 e. The average molecular weight is 641 g/mol. The SMILES string of the molecule is Cc1cc(N2CCOC[C@H]2CC(C)(F)F)cc(F)c1C(=O)N[C@@H](Cc1ccc(-n2c(=O)c3ccncc3n(C)c2=O)nc1)C(=O)O. The van der Waals surface area contributed by atoms with Gasteiger partial charge in [0.25, 0.3) is 11.5 Å². The summed E-state index contributed by atoms with van der Waals surface area (Å²) >= 11 is 0. The van der Waals surface area contributed by atoms with E-state index in [1.165, 1.54) is 61.4 Å². The van der Waals surface area contributed by atoms with Crippen LogP contribution in [0.15, 0.2) is 58.5 Å². The van der Waals surface area contributed by atoms with Crippen LogP contribution in [0.25, 0.3) is 16.7 Å². The number of morpholine rings is 1. The van der Waals surface area contributed by atoms with Crippen molar-refractivity contribution in [3.8, 4) is 5.82 Å². The van der Waals surface area contributed by atoms with E-state index >= 15 is 4.39 Å². The molecule has 242 valence electrons. The van der Waals surface area contributed by atoms with Gasteiger partial charge in [-0.1, -0.05) is 6.07 Å². The first-order chi connectivity index (χ1) is 21.7. The number of hydrogen-bond acceptors (Lipinski definition) is 8. The highest BCUT2D eigenvalue weighted by atomic mass is 19.3. The van der Waals surface area contributed by atoms with Gasteiger partial charge in [0, 0.05) is 44.5 Å². The molecule has 3 aromatic heterocycles. The van der Waals surface area contributed by atoms with Gasteiger partial charge in [-0.15, -0.1) is 0 Å². The first-order valence-corrected chi connectivity index (χ1v) is 14.3. The standard InChI is InChI=1S/C31H31F3N6O6/c1-17-10-19(39-8-9-46-16-20(39)13-31(2,33)34)12-22(32)26(17)27(41)37-23(29(43)44)11-18-4-5-25(36-14-18)40-28(42)21-6-7-35-15-24(21)38(3)30(40)45/h4-7,10,12,14-15,20,23H,8-9,11,13,16H2,1-3H3,(H,37,41)(H,43,44)/t20-,23+/m1/s1. The topological polar surface area (TPSA) is 149 Å². The van der Waals surface area contributed by atoms with Crippen LogP contribution in [-0.2, 0) is 23.0 Å². The minimum absolute atomic E-state index is 0.00641. The Labute approximate surface area is 260 Å². The monoisotopic (exact) mass is 640 g/mol. The van der Waals surface area contributed by atoms with E-state index in [0.29, 0.717) is 16.8 Å². The summed E-state index contributed by atoms with van der Waals surface area (Å²) in [4.78, 5) is 60.9. The van der Waals surface area contributed by atoms with Gasteiger partial charge in [-0.3, -0.25) is 19.1 Å². The van der Waals surface area contributed by atoms with E-state index in [0.717, 1.165) is 17.6 Å². The summed E-state index contributed by atoms with van der Waals surface area (Å²) in [5, 5.41) is 12.4. The van der Waals surface area contributed by atoms with E-state index in [1.807, 2.05) is 0 Å². The average Bonchev–Trinajstić information content (AvgIpc) is 2.99. The van der Waals surface area contributed by atoms with Crippen LogP contribution in [0.2, 0.25) is 0 Å². The molecule has 0 bridgehead atoms. The second kappa shape index (κ2) is 12.7. The van der Waals surface area contributed by atoms with Crippen LogP contribution in [0.5, 0.6) is 0 Å². The molecule has 1 aliphatic heterocycles. The zero-order chi connectivity index (χ0) is 33.3. The van der Waals surface area contributed by atoms with Gasteiger partial charge >= 0.3 is 11.7 Å². The number of aryl methyl sites for hydroxylation is 2. The van der Waals surface area contributed by atoms with Gasteiger partial charge in [0.15, 0.2) is 0 Å². The molecule has 0 radical (unpaired) electrons. The molecule has 46 heavy (non-hydrogen) atoms. The molecule has 0 unspecified atom stereocenters. The molecule has 0 aliphatic carbocycles. The molecule has 1 aromatic carbocycles. The van der Waals surface area contributed by atoms with E-state index in [1.54, 1.807) is 4.90 Å². The number of ether oxygens (including phenoxy) is 1. The van der Waals surface area contributed by atoms with Crippen molar-refractivity contribution in [2.75, 3.05) is 24.7 Å². The second-order valence-electron chi connectivity index (χ2n) is 11.3. The number of carboxylic acids is 1. The van der Waals surface area contributed by atoms with Crippen LogP contribution in [0.3, 0.4) is 0 Å². The van der Waals surface area contributed by atoms with Crippen molar-refractivity contribution < 1.29 is 32.6 Å². The van der Waals surface area contributed by atoms with Crippen LogP contribution in [0.1, 0.15) is 34.8 Å². The number of nitrogens with zero attached hydrogens (tertiary/aromatic N) is 5. The fraction of sp³-hybridized carbons (Fsp3) is 0.355. The molecule has 1 amide bonds. The third-order valence-corrected chi connectivity index (χ3v) is 7.81. The van der Waals surface area contributed by atoms with E-state index in [2.05, 4.69) is 15.3 Å². The van der Waals surface area contributed by atoms with Crippen LogP contribution >= 0.6 is 0 Å². The Morgan fingerprint density at radius 1 is 1.20 bits per heavy atom. The molecule has 12 nitrogen and oxygen atoms in total. The number of fused-ring (bicyclic) bond motifs is 1. The maximum atomic E-state index is 15.4. The summed E-state index contributed by atoms with van der Waals surface area (Å²) in [7, 11) is 1.49. The Kier molecular flexibility index (Phi) is 8.96. The highest BCUT2D eigenvalue weighted by molar-refractivity contribution is 5.98. The first-order valence-electron chi connectivity index (χ1n) is 14.3. The number of anilines is 1. The fourth-order valence-corrected chi connectivity index (χ4v) is 5.59. The van der Waals surface area contributed by atoms with Crippen LogP contribution < -0.4 is 21.5 Å². The molecule has 4 heterocycles. The van der Waals surface area contributed by atoms with E-state index in [9.17, 15) is 33.1 Å². The van der Waals surface area contributed by atoms with Crippen molar-refractivity contribution in [1.29, 1.82) is 0 Å². The number of alkyl halides is 2. The van der Waals surface area contributed by atoms with Crippen molar-refractivity contribution >= 4 is 28.5 Å². The summed E-state index contributed by atoms with van der Waals surface area (Å²) in [5.41, 5.74) is -0.445. The Morgan fingerprint density at radius 3 is 2.61 bits per heavy atom. The molecule has 2 N–H and O–H groups in total. The number of amides is 1. The lowest BCUT2D eigenvalue weighted by Crippen LogP contribution is -2.48. The molecule has 5 rings (SSSR count). The molecule has 15 heteroatoms. The molecule has 1 fully saturated rings. The number of nitrogens with one attached hydrogen (secondary N) is 1. The van der Waals surface area contributed by atoms with Crippen molar-refractivity contribution in [2.24, 2.45) is 7.05 Å². The summed E-state index contributed by atoms with van der Waals surface area (Å²) in [5.74, 6) is -6.27. The molecular formula is C31H31F3N6O6. The Hall–Kier alpha value is -5.05. The van der Waals surface area contributed by atoms with E-state index in [-0.39, 0.29) is 48.5 Å². The molecule has 2 atom stereocenters. The van der Waals surface area contributed by atoms with Crippen LogP contribution in [0.4, 0.5) is 18.9 Å². The normalized spacial score (nSPS) is 16.0. The maximum absolute atomic E-state index is 15.4. The Bertz CT molecular complexity index is 1900. The number of benzene rings is 1. The molecular weight excluding hydrogens is 609 g/mol. The predicted molar refractivity (Wildman–Crippen MR) is 161 cm³/mol. The zero-order valence-corrected chi connectivity index (χ0v) is 25.2. The second-order valence-corrected chi connectivity index (χ2v) is 11.3. The lowest BCUT2D eigenvalue weighted by Gasteiger charge is -2.38. The minimum atomic E-state index is -2.97. The number of carbonyl (C=O) groups excluding carboxylic acids is 1. The third-order valence-electron chi connectivity index (χ3n) is 7.81. The van der Waals surface area contributed by atoms with E-state index < -0.39 is 53.4 Å². The van der Waals surface area contributed by atoms with Gasteiger partial charge in [-0.25, -0.2) is 32.3 Å².